The maximum atomic E-state index is 12.2. The van der Waals surface area contributed by atoms with Crippen molar-refractivity contribution in [1.29, 1.82) is 0 Å². The fraction of sp³-hybridized carbons (Fsp3) is 0.520. The molecular weight excluding hydrogens is 378 g/mol. The number of nitrogens with zero attached hydrogens (tertiary/aromatic N) is 1. The Morgan fingerprint density at radius 1 is 1.10 bits per heavy atom. The summed E-state index contributed by atoms with van der Waals surface area (Å²) >= 11 is 0. The van der Waals surface area contributed by atoms with Crippen molar-refractivity contribution in [2.24, 2.45) is 0 Å². The number of piperidine rings is 1. The SMILES string of the molecule is COc1ccc(C)c([C@]23CCN(C)C(C)[C@]2(O)CCC(O)C3)c1Oc1ccccc1. The molecule has 0 aromatic heterocycles. The molecule has 2 N–H and O–H groups in total. The van der Waals surface area contributed by atoms with E-state index in [4.69, 9.17) is 9.47 Å². The number of benzene rings is 2. The summed E-state index contributed by atoms with van der Waals surface area (Å²) in [5, 5.41) is 22.9. The summed E-state index contributed by atoms with van der Waals surface area (Å²) in [7, 11) is 3.71. The molecule has 2 fully saturated rings. The van der Waals surface area contributed by atoms with Crippen LogP contribution in [-0.4, -0.2) is 53.6 Å². The minimum absolute atomic E-state index is 0.0334. The van der Waals surface area contributed by atoms with Gasteiger partial charge in [-0.3, -0.25) is 0 Å². The minimum Gasteiger partial charge on any atom is -0.493 e. The largest absolute Gasteiger partial charge is 0.493 e. The Kier molecular flexibility index (Phi) is 5.56. The number of aliphatic hydroxyl groups excluding tert-OH is 1. The molecule has 5 heteroatoms. The van der Waals surface area contributed by atoms with Gasteiger partial charge in [0.25, 0.3) is 0 Å². The molecule has 2 aromatic carbocycles. The average Bonchev–Trinajstić information content (AvgIpc) is 2.74. The normalized spacial score (nSPS) is 31.8. The van der Waals surface area contributed by atoms with Gasteiger partial charge in [0.05, 0.1) is 18.8 Å². The van der Waals surface area contributed by atoms with E-state index in [0.717, 1.165) is 29.8 Å². The van der Waals surface area contributed by atoms with Crippen LogP contribution in [0.3, 0.4) is 0 Å². The quantitative estimate of drug-likeness (QED) is 0.795. The van der Waals surface area contributed by atoms with Gasteiger partial charge in [0.2, 0.25) is 0 Å². The van der Waals surface area contributed by atoms with Crippen molar-refractivity contribution in [3.05, 3.63) is 53.6 Å². The van der Waals surface area contributed by atoms with Crippen LogP contribution >= 0.6 is 0 Å². The Morgan fingerprint density at radius 3 is 2.53 bits per heavy atom. The Bertz CT molecular complexity index is 902. The number of fused-ring (bicyclic) bond motifs is 1. The highest BCUT2D eigenvalue weighted by molar-refractivity contribution is 5.57. The molecule has 1 aliphatic carbocycles. The topological polar surface area (TPSA) is 62.2 Å². The number of methoxy groups -OCH3 is 1. The van der Waals surface area contributed by atoms with Crippen molar-refractivity contribution in [1.82, 2.24) is 4.90 Å². The summed E-state index contributed by atoms with van der Waals surface area (Å²) in [4.78, 5) is 2.23. The molecule has 0 spiro atoms. The molecule has 1 aliphatic heterocycles. The smallest absolute Gasteiger partial charge is 0.173 e. The Morgan fingerprint density at radius 2 is 1.83 bits per heavy atom. The van der Waals surface area contributed by atoms with Gasteiger partial charge in [-0.2, -0.15) is 0 Å². The second kappa shape index (κ2) is 7.88. The third-order valence-electron chi connectivity index (χ3n) is 7.51. The van der Waals surface area contributed by atoms with Gasteiger partial charge >= 0.3 is 0 Å². The summed E-state index contributed by atoms with van der Waals surface area (Å²) in [6.45, 7) is 5.00. The van der Waals surface area contributed by atoms with Crippen LogP contribution in [0.1, 0.15) is 43.7 Å². The molecule has 5 nitrogen and oxygen atoms in total. The Balaban J connectivity index is 1.95. The van der Waals surface area contributed by atoms with Gasteiger partial charge in [0.1, 0.15) is 5.75 Å². The van der Waals surface area contributed by atoms with E-state index in [1.807, 2.05) is 42.5 Å². The standard InChI is InChI=1S/C25H33NO4/c1-17-10-11-21(29-4)23(30-20-8-6-5-7-9-20)22(17)24-14-15-26(3)18(2)25(24,28)13-12-19(27)16-24/h5-11,18-19,27-28H,12-16H2,1-4H3/t18?,19?,24-,25-/m1/s1. The molecule has 1 heterocycles. The summed E-state index contributed by atoms with van der Waals surface area (Å²) in [6, 6.07) is 13.6. The molecular formula is C25H33NO4. The Labute approximate surface area is 179 Å². The lowest BCUT2D eigenvalue weighted by Crippen LogP contribution is -2.69. The number of likely N-dealkylation sites (N-methyl/N-ethyl adjacent to an activating group) is 1. The van der Waals surface area contributed by atoms with Crippen LogP contribution in [-0.2, 0) is 5.41 Å². The van der Waals surface area contributed by atoms with Gasteiger partial charge in [-0.15, -0.1) is 0 Å². The number of likely N-dealkylation sites (tertiary alicyclic amines) is 1. The molecule has 4 rings (SSSR count). The molecule has 162 valence electrons. The number of rotatable bonds is 4. The molecule has 0 amide bonds. The predicted octanol–water partition coefficient (Wildman–Crippen LogP) is 4.03. The summed E-state index contributed by atoms with van der Waals surface area (Å²) in [5.41, 5.74) is 0.433. The average molecular weight is 412 g/mol. The molecule has 2 aromatic rings. The fourth-order valence-electron chi connectivity index (χ4n) is 5.73. The fourth-order valence-corrected chi connectivity index (χ4v) is 5.73. The van der Waals surface area contributed by atoms with Crippen LogP contribution < -0.4 is 9.47 Å². The lowest BCUT2D eigenvalue weighted by molar-refractivity contribution is -0.166. The monoisotopic (exact) mass is 411 g/mol. The van der Waals surface area contributed by atoms with Gasteiger partial charge in [-0.1, -0.05) is 24.3 Å². The minimum atomic E-state index is -0.967. The van der Waals surface area contributed by atoms with Crippen molar-refractivity contribution in [2.45, 2.75) is 62.7 Å². The summed E-state index contributed by atoms with van der Waals surface area (Å²) in [6.07, 6.45) is 1.98. The van der Waals surface area contributed by atoms with Crippen LogP contribution in [0.25, 0.3) is 0 Å². The molecule has 0 radical (unpaired) electrons. The van der Waals surface area contributed by atoms with Crippen molar-refractivity contribution < 1.29 is 19.7 Å². The highest BCUT2D eigenvalue weighted by atomic mass is 16.5. The zero-order chi connectivity index (χ0) is 21.5. The number of hydrogen-bond donors (Lipinski definition) is 2. The van der Waals surface area contributed by atoms with E-state index < -0.39 is 17.1 Å². The van der Waals surface area contributed by atoms with E-state index in [2.05, 4.69) is 25.8 Å². The Hall–Kier alpha value is -2.08. The van der Waals surface area contributed by atoms with Gasteiger partial charge in [-0.05, 0) is 76.9 Å². The van der Waals surface area contributed by atoms with Gasteiger partial charge < -0.3 is 24.6 Å². The highest BCUT2D eigenvalue weighted by Crippen LogP contribution is 2.58. The van der Waals surface area contributed by atoms with Crippen molar-refractivity contribution >= 4 is 0 Å². The van der Waals surface area contributed by atoms with E-state index >= 15 is 0 Å². The van der Waals surface area contributed by atoms with E-state index in [1.54, 1.807) is 7.11 Å². The molecule has 2 unspecified atom stereocenters. The second-order valence-corrected chi connectivity index (χ2v) is 9.01. The number of aliphatic hydroxyl groups is 2. The van der Waals surface area contributed by atoms with E-state index in [0.29, 0.717) is 30.8 Å². The first-order valence-corrected chi connectivity index (χ1v) is 10.8. The molecule has 2 aliphatic rings. The van der Waals surface area contributed by atoms with E-state index in [9.17, 15) is 10.2 Å². The first kappa shape index (κ1) is 21.2. The van der Waals surface area contributed by atoms with Crippen LogP contribution in [0, 0.1) is 6.92 Å². The third kappa shape index (κ3) is 3.20. The number of ether oxygens (including phenoxy) is 2. The first-order chi connectivity index (χ1) is 14.3. The maximum absolute atomic E-state index is 12.2. The van der Waals surface area contributed by atoms with Crippen LogP contribution in [0.2, 0.25) is 0 Å². The third-order valence-corrected chi connectivity index (χ3v) is 7.51. The maximum Gasteiger partial charge on any atom is 0.173 e. The number of para-hydroxylation sites is 1. The predicted molar refractivity (Wildman–Crippen MR) is 117 cm³/mol. The van der Waals surface area contributed by atoms with Crippen molar-refractivity contribution in [3.8, 4) is 17.2 Å². The van der Waals surface area contributed by atoms with E-state index in [1.165, 1.54) is 0 Å². The lowest BCUT2D eigenvalue weighted by atomic mass is 9.52. The van der Waals surface area contributed by atoms with Crippen LogP contribution in [0.5, 0.6) is 17.2 Å². The molecule has 1 saturated carbocycles. The van der Waals surface area contributed by atoms with E-state index in [-0.39, 0.29) is 6.04 Å². The van der Waals surface area contributed by atoms with Gasteiger partial charge in [-0.25, -0.2) is 0 Å². The number of hydrogen-bond acceptors (Lipinski definition) is 5. The van der Waals surface area contributed by atoms with Gasteiger partial charge in [0, 0.05) is 17.0 Å². The molecule has 1 saturated heterocycles. The van der Waals surface area contributed by atoms with Crippen LogP contribution in [0.15, 0.2) is 42.5 Å². The van der Waals surface area contributed by atoms with Crippen LogP contribution in [0.4, 0.5) is 0 Å². The first-order valence-electron chi connectivity index (χ1n) is 10.8. The van der Waals surface area contributed by atoms with Gasteiger partial charge in [0.15, 0.2) is 11.5 Å². The summed E-state index contributed by atoms with van der Waals surface area (Å²) in [5.74, 6) is 2.01. The molecule has 30 heavy (non-hydrogen) atoms. The molecule has 4 atom stereocenters. The zero-order valence-electron chi connectivity index (χ0n) is 18.4. The van der Waals surface area contributed by atoms with Crippen molar-refractivity contribution in [2.75, 3.05) is 20.7 Å². The zero-order valence-corrected chi connectivity index (χ0v) is 18.4. The molecule has 0 bridgehead atoms. The lowest BCUT2D eigenvalue weighted by Gasteiger charge is -2.60. The van der Waals surface area contributed by atoms with Crippen molar-refractivity contribution in [3.63, 3.8) is 0 Å². The highest BCUT2D eigenvalue weighted by Gasteiger charge is 2.61. The summed E-state index contributed by atoms with van der Waals surface area (Å²) < 4.78 is 12.1. The second-order valence-electron chi connectivity index (χ2n) is 9.01. The number of aryl methyl sites for hydroxylation is 1.